The number of nitrogens with zero attached hydrogens (tertiary/aromatic N) is 2. The Labute approximate surface area is 180 Å². The number of aryl methyl sites for hydroxylation is 2. The Morgan fingerprint density at radius 1 is 1.07 bits per heavy atom. The van der Waals surface area contributed by atoms with Crippen molar-refractivity contribution in [1.29, 1.82) is 0 Å². The zero-order valence-corrected chi connectivity index (χ0v) is 18.4. The molecule has 1 heterocycles. The van der Waals surface area contributed by atoms with E-state index in [1.807, 2.05) is 62.6 Å². The van der Waals surface area contributed by atoms with Crippen LogP contribution >= 0.6 is 11.8 Å². The second-order valence-electron chi connectivity index (χ2n) is 7.04. The van der Waals surface area contributed by atoms with E-state index in [4.69, 9.17) is 4.74 Å². The molecule has 1 atom stereocenters. The molecule has 0 bridgehead atoms. The number of rotatable bonds is 7. The van der Waals surface area contributed by atoms with Crippen LogP contribution in [0.3, 0.4) is 0 Å². The fourth-order valence-electron chi connectivity index (χ4n) is 3.21. The van der Waals surface area contributed by atoms with Gasteiger partial charge in [-0.2, -0.15) is 0 Å². The summed E-state index contributed by atoms with van der Waals surface area (Å²) in [5.41, 5.74) is 3.33. The molecule has 0 spiro atoms. The topological polar surface area (TPSA) is 81.2 Å². The Morgan fingerprint density at radius 2 is 1.73 bits per heavy atom. The number of carbonyl (C=O) groups excluding carboxylic acids is 2. The van der Waals surface area contributed by atoms with E-state index >= 15 is 0 Å². The zero-order chi connectivity index (χ0) is 21.7. The van der Waals surface area contributed by atoms with Crippen molar-refractivity contribution in [3.05, 3.63) is 59.4 Å². The number of anilines is 1. The monoisotopic (exact) mass is 423 g/mol. The van der Waals surface area contributed by atoms with E-state index < -0.39 is 12.1 Å². The number of esters is 1. The normalized spacial score (nSPS) is 11.9. The van der Waals surface area contributed by atoms with Crippen molar-refractivity contribution in [3.63, 3.8) is 0 Å². The second kappa shape index (κ2) is 9.71. The Bertz CT molecular complexity index is 1060. The first kappa shape index (κ1) is 21.8. The molecule has 0 aliphatic heterocycles. The van der Waals surface area contributed by atoms with Crippen LogP contribution in [-0.4, -0.2) is 34.2 Å². The molecule has 0 saturated heterocycles. The number of carbonyl (C=O) groups is 2. The molecule has 0 fully saturated rings. The Morgan fingerprint density at radius 3 is 2.40 bits per heavy atom. The summed E-state index contributed by atoms with van der Waals surface area (Å²) in [4.78, 5) is 33.5. The molecule has 30 heavy (non-hydrogen) atoms. The summed E-state index contributed by atoms with van der Waals surface area (Å²) < 4.78 is 5.32. The molecule has 3 rings (SSSR count). The lowest BCUT2D eigenvalue weighted by Crippen LogP contribution is -2.30. The van der Waals surface area contributed by atoms with Crippen LogP contribution in [0.1, 0.15) is 30.3 Å². The predicted octanol–water partition coefficient (Wildman–Crippen LogP) is 4.47. The summed E-state index contributed by atoms with van der Waals surface area (Å²) in [7, 11) is 0. The van der Waals surface area contributed by atoms with E-state index in [0.29, 0.717) is 12.1 Å². The van der Waals surface area contributed by atoms with Gasteiger partial charge in [0.05, 0.1) is 0 Å². The van der Waals surface area contributed by atoms with Gasteiger partial charge in [0.1, 0.15) is 0 Å². The van der Waals surface area contributed by atoms with Gasteiger partial charge in [-0.25, -0.2) is 9.97 Å². The van der Waals surface area contributed by atoms with Gasteiger partial charge < -0.3 is 10.1 Å². The number of nitrogens with one attached hydrogen (secondary N) is 1. The third kappa shape index (κ3) is 5.36. The van der Waals surface area contributed by atoms with Crippen molar-refractivity contribution >= 4 is 40.1 Å². The van der Waals surface area contributed by atoms with Gasteiger partial charge in [-0.3, -0.25) is 9.59 Å². The minimum Gasteiger partial charge on any atom is -0.453 e. The van der Waals surface area contributed by atoms with Crippen molar-refractivity contribution in [2.75, 3.05) is 11.6 Å². The molecule has 1 amide bonds. The molecular formula is C23H25N3O3S. The van der Waals surface area contributed by atoms with Crippen LogP contribution in [0.2, 0.25) is 0 Å². The van der Waals surface area contributed by atoms with Crippen molar-refractivity contribution in [3.8, 4) is 0 Å². The summed E-state index contributed by atoms with van der Waals surface area (Å²) in [6.07, 6.45) is 1.68. The Hall–Kier alpha value is -2.93. The second-order valence-corrected chi connectivity index (χ2v) is 7.82. The summed E-state index contributed by atoms with van der Waals surface area (Å²) in [5.74, 6) is -0.789. The van der Waals surface area contributed by atoms with Crippen LogP contribution in [0.15, 0.2) is 47.6 Å². The first-order valence-electron chi connectivity index (χ1n) is 9.74. The lowest BCUT2D eigenvalue weighted by Gasteiger charge is -2.14. The highest BCUT2D eigenvalue weighted by atomic mass is 32.2. The standard InChI is InChI=1S/C23H25N3O3S/c1-14-20(15(2)25-23(24-14)30-4)11-12-21(27)29-16(3)22(28)26-19-10-9-17-7-5-6-8-18(17)13-19/h5-10,13,16H,11-12H2,1-4H3,(H,26,28)/t16-/m0/s1. The molecule has 156 valence electrons. The number of aromatic nitrogens is 2. The van der Waals surface area contributed by atoms with Crippen LogP contribution < -0.4 is 5.32 Å². The van der Waals surface area contributed by atoms with Gasteiger partial charge in [0.15, 0.2) is 11.3 Å². The fraction of sp³-hybridized carbons (Fsp3) is 0.304. The maximum Gasteiger partial charge on any atom is 0.306 e. The molecule has 3 aromatic rings. The van der Waals surface area contributed by atoms with Gasteiger partial charge in [-0.1, -0.05) is 42.1 Å². The third-order valence-electron chi connectivity index (χ3n) is 4.86. The average molecular weight is 424 g/mol. The molecule has 0 aliphatic rings. The van der Waals surface area contributed by atoms with Crippen molar-refractivity contribution < 1.29 is 14.3 Å². The first-order valence-corrected chi connectivity index (χ1v) is 11.0. The van der Waals surface area contributed by atoms with Crippen LogP contribution in [0, 0.1) is 13.8 Å². The minimum atomic E-state index is -0.888. The smallest absolute Gasteiger partial charge is 0.306 e. The van der Waals surface area contributed by atoms with Gasteiger partial charge in [0.2, 0.25) is 0 Å². The van der Waals surface area contributed by atoms with Gasteiger partial charge in [0.25, 0.3) is 5.91 Å². The number of thioether (sulfide) groups is 1. The molecule has 0 aliphatic carbocycles. The van der Waals surface area contributed by atoms with E-state index in [1.54, 1.807) is 6.92 Å². The maximum atomic E-state index is 12.4. The summed E-state index contributed by atoms with van der Waals surface area (Å²) in [5, 5.41) is 5.64. The number of amides is 1. The molecule has 0 saturated carbocycles. The summed E-state index contributed by atoms with van der Waals surface area (Å²) in [6.45, 7) is 5.39. The van der Waals surface area contributed by atoms with Gasteiger partial charge in [-0.05, 0) is 61.9 Å². The lowest BCUT2D eigenvalue weighted by molar-refractivity contribution is -0.153. The van der Waals surface area contributed by atoms with Gasteiger partial charge >= 0.3 is 5.97 Å². The minimum absolute atomic E-state index is 0.164. The average Bonchev–Trinajstić information content (AvgIpc) is 2.72. The van der Waals surface area contributed by atoms with E-state index in [9.17, 15) is 9.59 Å². The highest BCUT2D eigenvalue weighted by Gasteiger charge is 2.19. The van der Waals surface area contributed by atoms with Crippen LogP contribution in [-0.2, 0) is 20.7 Å². The number of hydrogen-bond donors (Lipinski definition) is 1. The fourth-order valence-corrected chi connectivity index (χ4v) is 3.67. The molecule has 0 unspecified atom stereocenters. The van der Waals surface area contributed by atoms with E-state index in [-0.39, 0.29) is 12.3 Å². The van der Waals surface area contributed by atoms with E-state index in [0.717, 1.165) is 32.9 Å². The molecule has 1 aromatic heterocycles. The molecule has 1 N–H and O–H groups in total. The highest BCUT2D eigenvalue weighted by molar-refractivity contribution is 7.98. The third-order valence-corrected chi connectivity index (χ3v) is 5.40. The molecule has 7 heteroatoms. The molecular weight excluding hydrogens is 398 g/mol. The lowest BCUT2D eigenvalue weighted by atomic mass is 10.1. The van der Waals surface area contributed by atoms with E-state index in [1.165, 1.54) is 11.8 Å². The number of hydrogen-bond acceptors (Lipinski definition) is 6. The quantitative estimate of drug-likeness (QED) is 0.343. The van der Waals surface area contributed by atoms with Crippen molar-refractivity contribution in [2.24, 2.45) is 0 Å². The first-order chi connectivity index (χ1) is 14.4. The van der Waals surface area contributed by atoms with Crippen LogP contribution in [0.5, 0.6) is 0 Å². The molecule has 0 radical (unpaired) electrons. The Kier molecular flexibility index (Phi) is 7.05. The summed E-state index contributed by atoms with van der Waals surface area (Å²) in [6, 6.07) is 13.6. The summed E-state index contributed by atoms with van der Waals surface area (Å²) >= 11 is 1.48. The zero-order valence-electron chi connectivity index (χ0n) is 17.6. The number of ether oxygens (including phenoxy) is 1. The molecule has 6 nitrogen and oxygen atoms in total. The van der Waals surface area contributed by atoms with Crippen LogP contribution in [0.4, 0.5) is 5.69 Å². The largest absolute Gasteiger partial charge is 0.453 e. The van der Waals surface area contributed by atoms with Crippen molar-refractivity contribution in [2.45, 2.75) is 44.9 Å². The van der Waals surface area contributed by atoms with E-state index in [2.05, 4.69) is 15.3 Å². The maximum absolute atomic E-state index is 12.4. The van der Waals surface area contributed by atoms with Crippen molar-refractivity contribution in [1.82, 2.24) is 9.97 Å². The SMILES string of the molecule is CSc1nc(C)c(CCC(=O)O[C@@H](C)C(=O)Nc2ccc3ccccc3c2)c(C)n1. The van der Waals surface area contributed by atoms with Crippen LogP contribution in [0.25, 0.3) is 10.8 Å². The number of fused-ring (bicyclic) bond motifs is 1. The predicted molar refractivity (Wildman–Crippen MR) is 120 cm³/mol. The Balaban J connectivity index is 1.55. The van der Waals surface area contributed by atoms with Gasteiger partial charge in [-0.15, -0.1) is 0 Å². The van der Waals surface area contributed by atoms with Gasteiger partial charge in [0, 0.05) is 23.5 Å². The number of benzene rings is 2. The molecule has 2 aromatic carbocycles. The highest BCUT2D eigenvalue weighted by Crippen LogP contribution is 2.20.